The van der Waals surface area contributed by atoms with Crippen molar-refractivity contribution in [3.8, 4) is 6.07 Å². The van der Waals surface area contributed by atoms with E-state index in [0.29, 0.717) is 24.1 Å². The summed E-state index contributed by atoms with van der Waals surface area (Å²) in [6, 6.07) is 12.9. The number of nitriles is 1. The van der Waals surface area contributed by atoms with Crippen molar-refractivity contribution in [3.05, 3.63) is 35.9 Å². The van der Waals surface area contributed by atoms with Crippen LogP contribution in [0.5, 0.6) is 0 Å². The summed E-state index contributed by atoms with van der Waals surface area (Å²) in [5, 5.41) is 9.67. The molecule has 0 radical (unpaired) electrons. The van der Waals surface area contributed by atoms with Gasteiger partial charge in [0.15, 0.2) is 6.54 Å². The summed E-state index contributed by atoms with van der Waals surface area (Å²) >= 11 is 0. The fourth-order valence-corrected chi connectivity index (χ4v) is 3.14. The highest BCUT2D eigenvalue weighted by Gasteiger charge is 2.36. The highest BCUT2D eigenvalue weighted by molar-refractivity contribution is 5.77. The van der Waals surface area contributed by atoms with Crippen LogP contribution in [-0.2, 0) is 11.2 Å². The Bertz CT molecular complexity index is 561. The van der Waals surface area contributed by atoms with Gasteiger partial charge in [-0.1, -0.05) is 30.3 Å². The van der Waals surface area contributed by atoms with Gasteiger partial charge in [-0.15, -0.1) is 0 Å². The minimum Gasteiger partial charge on any atom is -0.338 e. The average Bonchev–Trinajstić information content (AvgIpc) is 2.53. The SMILES string of the molecule is C[N+](C)(C)CC(=O)N1CCC(C#N)(CCc2ccccc2)CC1. The molecule has 1 aliphatic heterocycles. The summed E-state index contributed by atoms with van der Waals surface area (Å²) < 4.78 is 0.646. The second-order valence-electron chi connectivity index (χ2n) is 7.71. The maximum Gasteiger partial charge on any atom is 0.277 e. The van der Waals surface area contributed by atoms with Crippen LogP contribution in [-0.4, -0.2) is 56.1 Å². The first-order valence-corrected chi connectivity index (χ1v) is 8.37. The lowest BCUT2D eigenvalue weighted by Crippen LogP contribution is -2.49. The zero-order valence-electron chi connectivity index (χ0n) is 14.6. The first-order valence-electron chi connectivity index (χ1n) is 8.37. The Morgan fingerprint density at radius 1 is 1.22 bits per heavy atom. The molecule has 1 saturated heterocycles. The number of carbonyl (C=O) groups excluding carboxylic acids is 1. The molecule has 4 heteroatoms. The molecule has 0 saturated carbocycles. The number of benzene rings is 1. The summed E-state index contributed by atoms with van der Waals surface area (Å²) in [4.78, 5) is 14.3. The van der Waals surface area contributed by atoms with E-state index in [0.717, 1.165) is 25.7 Å². The molecule has 0 N–H and O–H groups in total. The molecule has 0 aromatic heterocycles. The molecule has 1 aliphatic rings. The van der Waals surface area contributed by atoms with Crippen molar-refractivity contribution in [2.75, 3.05) is 40.8 Å². The van der Waals surface area contributed by atoms with Gasteiger partial charge in [0.2, 0.25) is 0 Å². The van der Waals surface area contributed by atoms with Gasteiger partial charge in [0.05, 0.1) is 32.6 Å². The highest BCUT2D eigenvalue weighted by atomic mass is 16.2. The van der Waals surface area contributed by atoms with E-state index in [1.165, 1.54) is 5.56 Å². The van der Waals surface area contributed by atoms with E-state index < -0.39 is 0 Å². The van der Waals surface area contributed by atoms with E-state index in [4.69, 9.17) is 0 Å². The summed E-state index contributed by atoms with van der Waals surface area (Å²) in [6.07, 6.45) is 3.39. The molecule has 1 heterocycles. The number of aryl methyl sites for hydroxylation is 1. The molecule has 0 bridgehead atoms. The first-order chi connectivity index (χ1) is 10.8. The standard InChI is InChI=1S/C19H28N3O/c1-22(2,3)15-18(23)21-13-11-19(16-20,12-14-21)10-9-17-7-5-4-6-8-17/h4-8H,9-15H2,1-3H3/q+1. The van der Waals surface area contributed by atoms with Crippen molar-refractivity contribution >= 4 is 5.91 Å². The van der Waals surface area contributed by atoms with E-state index in [9.17, 15) is 10.1 Å². The normalized spacial score (nSPS) is 17.6. The van der Waals surface area contributed by atoms with E-state index in [1.807, 2.05) is 44.2 Å². The minimum absolute atomic E-state index is 0.201. The maximum atomic E-state index is 12.3. The number of piperidine rings is 1. The molecule has 4 nitrogen and oxygen atoms in total. The molecule has 124 valence electrons. The lowest BCUT2D eigenvalue weighted by molar-refractivity contribution is -0.862. The van der Waals surface area contributed by atoms with Gasteiger partial charge in [-0.2, -0.15) is 5.26 Å². The fourth-order valence-electron chi connectivity index (χ4n) is 3.14. The molecule has 1 amide bonds. The Balaban J connectivity index is 1.89. The summed E-state index contributed by atoms with van der Waals surface area (Å²) in [5.41, 5.74) is 1.01. The van der Waals surface area contributed by atoms with Crippen LogP contribution >= 0.6 is 0 Å². The van der Waals surface area contributed by atoms with Crippen LogP contribution in [0.3, 0.4) is 0 Å². The van der Waals surface area contributed by atoms with Gasteiger partial charge in [0, 0.05) is 13.1 Å². The molecule has 0 atom stereocenters. The van der Waals surface area contributed by atoms with Crippen molar-refractivity contribution in [3.63, 3.8) is 0 Å². The average molecular weight is 314 g/mol. The van der Waals surface area contributed by atoms with Gasteiger partial charge in [-0.25, -0.2) is 0 Å². The second-order valence-corrected chi connectivity index (χ2v) is 7.71. The van der Waals surface area contributed by atoms with Gasteiger partial charge in [0.25, 0.3) is 5.91 Å². The third-order valence-corrected chi connectivity index (χ3v) is 4.66. The van der Waals surface area contributed by atoms with E-state index >= 15 is 0 Å². The highest BCUT2D eigenvalue weighted by Crippen LogP contribution is 2.35. The van der Waals surface area contributed by atoms with Crippen LogP contribution in [0.2, 0.25) is 0 Å². The Hall–Kier alpha value is -1.86. The van der Waals surface area contributed by atoms with Crippen LogP contribution in [0, 0.1) is 16.7 Å². The van der Waals surface area contributed by atoms with Crippen molar-refractivity contribution < 1.29 is 9.28 Å². The largest absolute Gasteiger partial charge is 0.338 e. The molecule has 0 spiro atoms. The van der Waals surface area contributed by atoms with E-state index in [-0.39, 0.29) is 11.3 Å². The smallest absolute Gasteiger partial charge is 0.277 e. The third-order valence-electron chi connectivity index (χ3n) is 4.66. The Morgan fingerprint density at radius 3 is 2.35 bits per heavy atom. The van der Waals surface area contributed by atoms with Crippen LogP contribution in [0.25, 0.3) is 0 Å². The lowest BCUT2D eigenvalue weighted by Gasteiger charge is -2.38. The van der Waals surface area contributed by atoms with Crippen molar-refractivity contribution in [2.45, 2.75) is 25.7 Å². The quantitative estimate of drug-likeness (QED) is 0.784. The Morgan fingerprint density at radius 2 is 1.83 bits per heavy atom. The van der Waals surface area contributed by atoms with E-state index in [2.05, 4.69) is 18.2 Å². The molecular formula is C19H28N3O+. The lowest BCUT2D eigenvalue weighted by atomic mass is 9.75. The van der Waals surface area contributed by atoms with Gasteiger partial charge in [-0.3, -0.25) is 4.79 Å². The van der Waals surface area contributed by atoms with Gasteiger partial charge < -0.3 is 9.38 Å². The van der Waals surface area contributed by atoms with Gasteiger partial charge >= 0.3 is 0 Å². The number of amides is 1. The number of nitrogens with zero attached hydrogens (tertiary/aromatic N) is 3. The Labute approximate surface area is 139 Å². The Kier molecular flexibility index (Phi) is 5.43. The predicted octanol–water partition coefficient (Wildman–Crippen LogP) is 2.46. The third kappa shape index (κ3) is 5.07. The van der Waals surface area contributed by atoms with Gasteiger partial charge in [-0.05, 0) is 31.2 Å². The van der Waals surface area contributed by atoms with Crippen molar-refractivity contribution in [1.29, 1.82) is 5.26 Å². The molecule has 1 fully saturated rings. The molecule has 2 rings (SSSR count). The van der Waals surface area contributed by atoms with Crippen LogP contribution in [0.4, 0.5) is 0 Å². The number of rotatable bonds is 5. The van der Waals surface area contributed by atoms with Gasteiger partial charge in [0.1, 0.15) is 0 Å². The second kappa shape index (κ2) is 7.14. The maximum absolute atomic E-state index is 12.3. The molecule has 0 unspecified atom stereocenters. The van der Waals surface area contributed by atoms with E-state index in [1.54, 1.807) is 0 Å². The number of likely N-dealkylation sites (tertiary alicyclic amines) is 1. The first kappa shape index (κ1) is 17.5. The van der Waals surface area contributed by atoms with Crippen LogP contribution in [0.15, 0.2) is 30.3 Å². The summed E-state index contributed by atoms with van der Waals surface area (Å²) in [6.45, 7) is 1.94. The number of likely N-dealkylation sites (N-methyl/N-ethyl adjacent to an activating group) is 1. The monoisotopic (exact) mass is 314 g/mol. The number of hydrogen-bond donors (Lipinski definition) is 0. The van der Waals surface area contributed by atoms with Crippen LogP contribution in [0.1, 0.15) is 24.8 Å². The number of hydrogen-bond acceptors (Lipinski definition) is 2. The molecule has 0 aliphatic carbocycles. The number of carbonyl (C=O) groups is 1. The zero-order valence-corrected chi connectivity index (χ0v) is 14.6. The number of quaternary nitrogens is 1. The predicted molar refractivity (Wildman–Crippen MR) is 91.5 cm³/mol. The summed E-state index contributed by atoms with van der Waals surface area (Å²) in [7, 11) is 6.09. The molecule has 1 aromatic rings. The van der Waals surface area contributed by atoms with Crippen molar-refractivity contribution in [2.24, 2.45) is 5.41 Å². The topological polar surface area (TPSA) is 44.1 Å². The molecule has 23 heavy (non-hydrogen) atoms. The van der Waals surface area contributed by atoms with Crippen LogP contribution < -0.4 is 0 Å². The zero-order chi connectivity index (χ0) is 16.9. The minimum atomic E-state index is -0.275. The van der Waals surface area contributed by atoms with Crippen molar-refractivity contribution in [1.82, 2.24) is 4.90 Å². The fraction of sp³-hybridized carbons (Fsp3) is 0.579. The summed E-state index contributed by atoms with van der Waals surface area (Å²) in [5.74, 6) is 0.201. The molecule has 1 aromatic carbocycles. The molecular weight excluding hydrogens is 286 g/mol.